The van der Waals surface area contributed by atoms with Gasteiger partial charge in [-0.1, -0.05) is 30.3 Å². The molecule has 26 heavy (non-hydrogen) atoms. The van der Waals surface area contributed by atoms with Crippen LogP contribution in [0, 0.1) is 5.82 Å². The van der Waals surface area contributed by atoms with Gasteiger partial charge in [-0.2, -0.15) is 9.61 Å². The fraction of sp³-hybridized carbons (Fsp3) is 0.0526. The molecule has 0 radical (unpaired) electrons. The highest BCUT2D eigenvalue weighted by Crippen LogP contribution is 2.30. The van der Waals surface area contributed by atoms with Gasteiger partial charge < -0.3 is 5.73 Å². The summed E-state index contributed by atoms with van der Waals surface area (Å²) < 4.78 is 14.7. The molecule has 2 N–H and O–H groups in total. The number of anilines is 1. The predicted molar refractivity (Wildman–Crippen MR) is 96.9 cm³/mol. The van der Waals surface area contributed by atoms with E-state index in [0.717, 1.165) is 28.1 Å². The summed E-state index contributed by atoms with van der Waals surface area (Å²) in [6.07, 6.45) is 2.31. The van der Waals surface area contributed by atoms with Gasteiger partial charge in [-0.25, -0.2) is 4.39 Å². The number of nitrogens with two attached hydrogens (primary N) is 1. The Hall–Kier alpha value is -3.61. The van der Waals surface area contributed by atoms with Crippen LogP contribution in [0.1, 0.15) is 11.3 Å². The smallest absolute Gasteiger partial charge is 0.187 e. The summed E-state index contributed by atoms with van der Waals surface area (Å²) in [5.74, 6) is 0.0897. The van der Waals surface area contributed by atoms with E-state index in [1.807, 2.05) is 24.3 Å². The van der Waals surface area contributed by atoms with E-state index in [-0.39, 0.29) is 5.82 Å². The van der Waals surface area contributed by atoms with E-state index in [1.165, 1.54) is 12.1 Å². The van der Waals surface area contributed by atoms with E-state index in [1.54, 1.807) is 22.8 Å². The summed E-state index contributed by atoms with van der Waals surface area (Å²) in [5, 5.41) is 12.9. The van der Waals surface area contributed by atoms with Gasteiger partial charge in [0.15, 0.2) is 11.5 Å². The molecule has 0 fully saturated rings. The number of nitrogens with zero attached hydrogens (tertiary/aromatic N) is 5. The van der Waals surface area contributed by atoms with Crippen molar-refractivity contribution in [1.29, 1.82) is 0 Å². The van der Waals surface area contributed by atoms with Crippen molar-refractivity contribution in [2.24, 2.45) is 4.99 Å². The standard InChI is InChI=1S/C19H13FN6/c20-13-7-5-11(6-8-13)14-10-22-26-18(21)17(24-25-19(14)26)16-9-12-3-1-2-4-15(12)23-16/h1-8,10H,9,21H2. The molecule has 2 aromatic heterocycles. The van der Waals surface area contributed by atoms with Gasteiger partial charge >= 0.3 is 0 Å². The van der Waals surface area contributed by atoms with Gasteiger partial charge in [0, 0.05) is 12.0 Å². The van der Waals surface area contributed by atoms with Crippen LogP contribution in [0.3, 0.4) is 0 Å². The maximum absolute atomic E-state index is 13.2. The van der Waals surface area contributed by atoms with Crippen LogP contribution < -0.4 is 5.73 Å². The third kappa shape index (κ3) is 2.17. The van der Waals surface area contributed by atoms with E-state index in [2.05, 4.69) is 20.3 Å². The zero-order valence-corrected chi connectivity index (χ0v) is 13.6. The Morgan fingerprint density at radius 1 is 1.00 bits per heavy atom. The lowest BCUT2D eigenvalue weighted by Crippen LogP contribution is -2.14. The average molecular weight is 344 g/mol. The van der Waals surface area contributed by atoms with Crippen LogP contribution in [0.2, 0.25) is 0 Å². The minimum atomic E-state index is -0.295. The second-order valence-electron chi connectivity index (χ2n) is 6.10. The van der Waals surface area contributed by atoms with Crippen molar-refractivity contribution < 1.29 is 4.39 Å². The SMILES string of the molecule is Nc1c(C2=Nc3ccccc3C2)nnc2c(-c3ccc(F)cc3)cnn12. The Kier molecular flexibility index (Phi) is 3.08. The minimum absolute atomic E-state index is 0.295. The lowest BCUT2D eigenvalue weighted by Gasteiger charge is -2.06. The normalized spacial score (nSPS) is 13.0. The molecule has 126 valence electrons. The number of aromatic nitrogens is 4. The van der Waals surface area contributed by atoms with Crippen LogP contribution in [-0.2, 0) is 6.42 Å². The molecule has 3 heterocycles. The van der Waals surface area contributed by atoms with E-state index in [0.29, 0.717) is 23.6 Å². The number of benzene rings is 2. The van der Waals surface area contributed by atoms with Crippen molar-refractivity contribution in [2.75, 3.05) is 5.73 Å². The molecule has 0 saturated carbocycles. The molecule has 0 atom stereocenters. The van der Waals surface area contributed by atoms with Gasteiger partial charge in [-0.15, -0.1) is 10.2 Å². The Labute approximate surface area is 147 Å². The Morgan fingerprint density at radius 2 is 1.81 bits per heavy atom. The molecule has 0 unspecified atom stereocenters. The molecule has 7 heteroatoms. The molecule has 1 aliphatic heterocycles. The topological polar surface area (TPSA) is 81.5 Å². The van der Waals surface area contributed by atoms with Crippen molar-refractivity contribution in [3.8, 4) is 11.1 Å². The first kappa shape index (κ1) is 14.7. The molecule has 2 aromatic carbocycles. The molecular formula is C19H13FN6. The third-order valence-electron chi connectivity index (χ3n) is 4.49. The first-order chi connectivity index (χ1) is 12.7. The summed E-state index contributed by atoms with van der Waals surface area (Å²) >= 11 is 0. The Balaban J connectivity index is 1.61. The largest absolute Gasteiger partial charge is 0.382 e. The average Bonchev–Trinajstić information content (AvgIpc) is 3.27. The molecule has 0 saturated heterocycles. The summed E-state index contributed by atoms with van der Waals surface area (Å²) in [4.78, 5) is 4.62. The Bertz CT molecular complexity index is 1180. The number of fused-ring (bicyclic) bond motifs is 2. The van der Waals surface area contributed by atoms with Crippen LogP contribution in [0.25, 0.3) is 16.8 Å². The summed E-state index contributed by atoms with van der Waals surface area (Å²) in [6.45, 7) is 0. The highest BCUT2D eigenvalue weighted by Gasteiger charge is 2.22. The summed E-state index contributed by atoms with van der Waals surface area (Å²) in [6, 6.07) is 14.1. The van der Waals surface area contributed by atoms with Crippen LogP contribution in [0.5, 0.6) is 0 Å². The van der Waals surface area contributed by atoms with Gasteiger partial charge in [-0.3, -0.25) is 4.99 Å². The quantitative estimate of drug-likeness (QED) is 0.605. The van der Waals surface area contributed by atoms with Crippen LogP contribution >= 0.6 is 0 Å². The van der Waals surface area contributed by atoms with Crippen molar-refractivity contribution in [3.05, 3.63) is 71.8 Å². The first-order valence-corrected chi connectivity index (χ1v) is 8.12. The lowest BCUT2D eigenvalue weighted by molar-refractivity contribution is 0.628. The molecule has 0 bridgehead atoms. The Morgan fingerprint density at radius 3 is 2.62 bits per heavy atom. The van der Waals surface area contributed by atoms with E-state index in [9.17, 15) is 4.39 Å². The van der Waals surface area contributed by atoms with Crippen LogP contribution in [0.4, 0.5) is 15.9 Å². The number of hydrogen-bond donors (Lipinski definition) is 1. The highest BCUT2D eigenvalue weighted by molar-refractivity contribution is 6.08. The zero-order valence-electron chi connectivity index (χ0n) is 13.6. The lowest BCUT2D eigenvalue weighted by atomic mass is 10.1. The molecule has 5 rings (SSSR count). The molecule has 6 nitrogen and oxygen atoms in total. The number of aliphatic imine (C=N–C) groups is 1. The number of hydrogen-bond acceptors (Lipinski definition) is 5. The van der Waals surface area contributed by atoms with Crippen LogP contribution in [0.15, 0.2) is 59.7 Å². The van der Waals surface area contributed by atoms with E-state index < -0.39 is 0 Å². The van der Waals surface area contributed by atoms with Gasteiger partial charge in [0.25, 0.3) is 0 Å². The first-order valence-electron chi connectivity index (χ1n) is 8.12. The molecule has 1 aliphatic rings. The van der Waals surface area contributed by atoms with Gasteiger partial charge in [0.1, 0.15) is 11.5 Å². The van der Waals surface area contributed by atoms with Crippen molar-refractivity contribution in [1.82, 2.24) is 19.8 Å². The van der Waals surface area contributed by atoms with E-state index >= 15 is 0 Å². The van der Waals surface area contributed by atoms with Gasteiger partial charge in [0.2, 0.25) is 0 Å². The third-order valence-corrected chi connectivity index (χ3v) is 4.49. The summed E-state index contributed by atoms with van der Waals surface area (Å²) in [5.41, 5.74) is 11.7. The number of nitrogen functional groups attached to an aromatic ring is 1. The summed E-state index contributed by atoms with van der Waals surface area (Å²) in [7, 11) is 0. The van der Waals surface area contributed by atoms with Crippen molar-refractivity contribution in [3.63, 3.8) is 0 Å². The van der Waals surface area contributed by atoms with Gasteiger partial charge in [-0.05, 0) is 29.3 Å². The number of rotatable bonds is 2. The second-order valence-corrected chi connectivity index (χ2v) is 6.10. The zero-order chi connectivity index (χ0) is 17.7. The number of para-hydroxylation sites is 1. The molecule has 0 amide bonds. The maximum Gasteiger partial charge on any atom is 0.187 e. The second kappa shape index (κ2) is 5.45. The van der Waals surface area contributed by atoms with Crippen molar-refractivity contribution in [2.45, 2.75) is 6.42 Å². The predicted octanol–water partition coefficient (Wildman–Crippen LogP) is 3.19. The fourth-order valence-electron chi connectivity index (χ4n) is 3.17. The van der Waals surface area contributed by atoms with Crippen LogP contribution in [-0.4, -0.2) is 25.5 Å². The molecular weight excluding hydrogens is 331 g/mol. The maximum atomic E-state index is 13.2. The highest BCUT2D eigenvalue weighted by atomic mass is 19.1. The van der Waals surface area contributed by atoms with E-state index in [4.69, 9.17) is 5.73 Å². The molecule has 4 aromatic rings. The monoisotopic (exact) mass is 344 g/mol. The van der Waals surface area contributed by atoms with Gasteiger partial charge in [0.05, 0.1) is 17.6 Å². The minimum Gasteiger partial charge on any atom is -0.382 e. The van der Waals surface area contributed by atoms with Crippen molar-refractivity contribution >= 4 is 22.9 Å². The fourth-order valence-corrected chi connectivity index (χ4v) is 3.17. The number of halogens is 1. The molecule has 0 spiro atoms. The molecule has 0 aliphatic carbocycles.